The highest BCUT2D eigenvalue weighted by atomic mass is 32.2. The van der Waals surface area contributed by atoms with Gasteiger partial charge in [-0.05, 0) is 29.3 Å². The van der Waals surface area contributed by atoms with Crippen molar-refractivity contribution in [1.29, 1.82) is 0 Å². The van der Waals surface area contributed by atoms with Gasteiger partial charge in [-0.15, -0.1) is 0 Å². The van der Waals surface area contributed by atoms with E-state index in [-0.39, 0.29) is 24.2 Å². The number of fused-ring (bicyclic) bond motifs is 1. The summed E-state index contributed by atoms with van der Waals surface area (Å²) in [5, 5.41) is 10.6. The molecule has 0 saturated carbocycles. The Balaban J connectivity index is 2.21. The van der Waals surface area contributed by atoms with Crippen LogP contribution in [0, 0.1) is 0 Å². The number of carbonyl (C=O) groups excluding carboxylic acids is 1. The van der Waals surface area contributed by atoms with E-state index < -0.39 is 27.8 Å². The van der Waals surface area contributed by atoms with Crippen LogP contribution < -0.4 is 0 Å². The van der Waals surface area contributed by atoms with E-state index in [4.69, 9.17) is 9.29 Å². The Kier molecular flexibility index (Phi) is 4.97. The number of benzene rings is 2. The third kappa shape index (κ3) is 4.51. The number of ether oxygens (including phenoxy) is 1. The molecule has 2 rings (SSSR count). The summed E-state index contributed by atoms with van der Waals surface area (Å²) in [6.45, 7) is -0.246. The molecule has 0 amide bonds. The molecule has 0 radical (unpaired) electrons. The van der Waals surface area contributed by atoms with E-state index in [9.17, 15) is 23.1 Å². The van der Waals surface area contributed by atoms with Gasteiger partial charge in [-0.25, -0.2) is 9.59 Å². The van der Waals surface area contributed by atoms with Gasteiger partial charge in [0.2, 0.25) is 0 Å². The van der Waals surface area contributed by atoms with Crippen LogP contribution in [0.1, 0.15) is 27.1 Å². The Hall–Kier alpha value is -2.45. The van der Waals surface area contributed by atoms with Crippen LogP contribution in [-0.2, 0) is 14.9 Å². The molecule has 2 aromatic carbocycles. The quantitative estimate of drug-likeness (QED) is 0.469. The summed E-state index contributed by atoms with van der Waals surface area (Å²) in [5.74, 6) is -2.66. The summed E-state index contributed by atoms with van der Waals surface area (Å²) in [6.07, 6.45) is -0.0828. The molecule has 0 aromatic heterocycles. The fraction of sp³-hybridized carbons (Fsp3) is 0.200. The van der Waals surface area contributed by atoms with Gasteiger partial charge < -0.3 is 9.84 Å². The number of aromatic carboxylic acids is 1. The maximum Gasteiger partial charge on any atom is 0.339 e. The zero-order chi connectivity index (χ0) is 17.0. The molecule has 23 heavy (non-hydrogen) atoms. The standard InChI is InChI=1S/C15H14O7S/c16-14(17)12-8-10-4-1-2-5-11(10)9-13(12)15(18)22-6-3-7-23(19,20)21/h1-2,4-5,8-9H,3,6-7H2,(H,16,17)(H,19,20,21). The molecule has 0 heterocycles. The fourth-order valence-corrected chi connectivity index (χ4v) is 2.55. The summed E-state index contributed by atoms with van der Waals surface area (Å²) < 4.78 is 34.6. The smallest absolute Gasteiger partial charge is 0.339 e. The lowest BCUT2D eigenvalue weighted by atomic mass is 10.0. The molecule has 0 saturated heterocycles. The van der Waals surface area contributed by atoms with E-state index in [1.54, 1.807) is 24.3 Å². The summed E-state index contributed by atoms with van der Waals surface area (Å²) in [5.41, 5.74) is -0.300. The van der Waals surface area contributed by atoms with Crippen molar-refractivity contribution in [3.8, 4) is 0 Å². The number of esters is 1. The molecule has 0 aliphatic heterocycles. The predicted octanol–water partition coefficient (Wildman–Crippen LogP) is 1.97. The van der Waals surface area contributed by atoms with Gasteiger partial charge in [0.05, 0.1) is 23.5 Å². The lowest BCUT2D eigenvalue weighted by Crippen LogP contribution is -2.14. The van der Waals surface area contributed by atoms with Gasteiger partial charge in [-0.2, -0.15) is 8.42 Å². The van der Waals surface area contributed by atoms with Gasteiger partial charge in [0, 0.05) is 0 Å². The summed E-state index contributed by atoms with van der Waals surface area (Å²) in [6, 6.07) is 9.76. The van der Waals surface area contributed by atoms with Gasteiger partial charge >= 0.3 is 11.9 Å². The second kappa shape index (κ2) is 6.76. The van der Waals surface area contributed by atoms with Crippen LogP contribution in [0.5, 0.6) is 0 Å². The minimum atomic E-state index is -4.12. The molecule has 122 valence electrons. The molecule has 0 unspecified atom stereocenters. The third-order valence-electron chi connectivity index (χ3n) is 3.12. The van der Waals surface area contributed by atoms with Crippen LogP contribution in [0.15, 0.2) is 36.4 Å². The van der Waals surface area contributed by atoms with Crippen molar-refractivity contribution in [3.63, 3.8) is 0 Å². The van der Waals surface area contributed by atoms with E-state index >= 15 is 0 Å². The highest BCUT2D eigenvalue weighted by molar-refractivity contribution is 7.85. The fourth-order valence-electron chi connectivity index (χ4n) is 2.07. The molecule has 2 aromatic rings. The molecule has 0 aliphatic rings. The lowest BCUT2D eigenvalue weighted by Gasteiger charge is -2.09. The predicted molar refractivity (Wildman–Crippen MR) is 82.2 cm³/mol. The largest absolute Gasteiger partial charge is 0.478 e. The molecule has 0 fully saturated rings. The average Bonchev–Trinajstić information content (AvgIpc) is 2.49. The number of rotatable bonds is 6. The first-order chi connectivity index (χ1) is 10.8. The number of carboxylic acids is 1. The number of hydrogen-bond donors (Lipinski definition) is 2. The summed E-state index contributed by atoms with van der Waals surface area (Å²) in [4.78, 5) is 23.4. The van der Waals surface area contributed by atoms with Crippen LogP contribution in [0.4, 0.5) is 0 Å². The van der Waals surface area contributed by atoms with Gasteiger partial charge in [0.15, 0.2) is 0 Å². The molecule has 0 aliphatic carbocycles. The second-order valence-electron chi connectivity index (χ2n) is 4.83. The van der Waals surface area contributed by atoms with Crippen molar-refractivity contribution in [3.05, 3.63) is 47.5 Å². The SMILES string of the molecule is O=C(O)c1cc2ccccc2cc1C(=O)OCCCS(=O)(=O)O. The van der Waals surface area contributed by atoms with Crippen molar-refractivity contribution in [1.82, 2.24) is 0 Å². The molecular formula is C15H14O7S. The van der Waals surface area contributed by atoms with Crippen LogP contribution in [-0.4, -0.2) is 42.4 Å². The topological polar surface area (TPSA) is 118 Å². The van der Waals surface area contributed by atoms with E-state index in [1.165, 1.54) is 12.1 Å². The highest BCUT2D eigenvalue weighted by Gasteiger charge is 2.19. The lowest BCUT2D eigenvalue weighted by molar-refractivity contribution is 0.0495. The number of carbonyl (C=O) groups is 2. The first-order valence-corrected chi connectivity index (χ1v) is 8.27. The maximum atomic E-state index is 12.0. The maximum absolute atomic E-state index is 12.0. The normalized spacial score (nSPS) is 11.3. The third-order valence-corrected chi connectivity index (χ3v) is 3.92. The van der Waals surface area contributed by atoms with Gasteiger partial charge in [-0.3, -0.25) is 4.55 Å². The average molecular weight is 338 g/mol. The van der Waals surface area contributed by atoms with Gasteiger partial charge in [0.25, 0.3) is 10.1 Å². The molecule has 0 bridgehead atoms. The zero-order valence-electron chi connectivity index (χ0n) is 11.9. The minimum absolute atomic E-state index is 0.0828. The molecule has 0 atom stereocenters. The summed E-state index contributed by atoms with van der Waals surface area (Å²) >= 11 is 0. The van der Waals surface area contributed by atoms with Crippen LogP contribution in [0.3, 0.4) is 0 Å². The highest BCUT2D eigenvalue weighted by Crippen LogP contribution is 2.21. The van der Waals surface area contributed by atoms with Crippen LogP contribution in [0.2, 0.25) is 0 Å². The number of hydrogen-bond acceptors (Lipinski definition) is 5. The van der Waals surface area contributed by atoms with Gasteiger partial charge in [-0.1, -0.05) is 24.3 Å². The number of carboxylic acid groups (broad SMARTS) is 1. The van der Waals surface area contributed by atoms with Crippen molar-refractivity contribution in [2.45, 2.75) is 6.42 Å². The van der Waals surface area contributed by atoms with Crippen molar-refractivity contribution >= 4 is 32.8 Å². The first kappa shape index (κ1) is 16.9. The minimum Gasteiger partial charge on any atom is -0.478 e. The molecular weight excluding hydrogens is 324 g/mol. The molecule has 7 nitrogen and oxygen atoms in total. The van der Waals surface area contributed by atoms with Crippen molar-refractivity contribution in [2.75, 3.05) is 12.4 Å². The Morgan fingerprint density at radius 1 is 1.04 bits per heavy atom. The Bertz CT molecular complexity index is 855. The summed E-state index contributed by atoms with van der Waals surface area (Å²) in [7, 11) is -4.12. The van der Waals surface area contributed by atoms with E-state index in [0.717, 1.165) is 0 Å². The van der Waals surface area contributed by atoms with Crippen LogP contribution >= 0.6 is 0 Å². The monoisotopic (exact) mass is 338 g/mol. The molecule has 0 spiro atoms. The second-order valence-corrected chi connectivity index (χ2v) is 6.40. The Morgan fingerprint density at radius 3 is 2.13 bits per heavy atom. The molecule has 2 N–H and O–H groups in total. The Morgan fingerprint density at radius 2 is 1.61 bits per heavy atom. The first-order valence-electron chi connectivity index (χ1n) is 6.66. The zero-order valence-corrected chi connectivity index (χ0v) is 12.7. The van der Waals surface area contributed by atoms with E-state index in [2.05, 4.69) is 0 Å². The van der Waals surface area contributed by atoms with E-state index in [0.29, 0.717) is 10.8 Å². The van der Waals surface area contributed by atoms with Crippen LogP contribution in [0.25, 0.3) is 10.8 Å². The van der Waals surface area contributed by atoms with Crippen molar-refractivity contribution in [2.24, 2.45) is 0 Å². The Labute approximate surface area is 132 Å². The van der Waals surface area contributed by atoms with E-state index in [1.807, 2.05) is 0 Å². The van der Waals surface area contributed by atoms with Crippen molar-refractivity contribution < 1.29 is 32.4 Å². The molecule has 8 heteroatoms. The van der Waals surface area contributed by atoms with Gasteiger partial charge in [0.1, 0.15) is 0 Å².